The van der Waals surface area contributed by atoms with Gasteiger partial charge >= 0.3 is 5.69 Å². The van der Waals surface area contributed by atoms with Crippen LogP contribution in [0.2, 0.25) is 5.02 Å². The summed E-state index contributed by atoms with van der Waals surface area (Å²) in [6.45, 7) is 5.14. The van der Waals surface area contributed by atoms with Crippen LogP contribution in [0.4, 0.5) is 0 Å². The minimum Gasteiger partial charge on any atom is -0.341 e. The number of aromatic nitrogens is 2. The minimum atomic E-state index is -0.520. The smallest absolute Gasteiger partial charge is 0.337 e. The van der Waals surface area contributed by atoms with Gasteiger partial charge in [-0.1, -0.05) is 17.7 Å². The van der Waals surface area contributed by atoms with Crippen LogP contribution in [0.25, 0.3) is 15.9 Å². The van der Waals surface area contributed by atoms with Crippen molar-refractivity contribution in [2.24, 2.45) is 0 Å². The van der Waals surface area contributed by atoms with Crippen LogP contribution in [0.15, 0.2) is 33.9 Å². The number of fused-ring (bicyclic) bond motifs is 1. The first-order valence-corrected chi connectivity index (χ1v) is 10.4. The number of aryl methyl sites for hydroxylation is 2. The third-order valence-electron chi connectivity index (χ3n) is 5.27. The zero-order valence-corrected chi connectivity index (χ0v) is 17.3. The van der Waals surface area contributed by atoms with Crippen molar-refractivity contribution < 1.29 is 4.79 Å². The molecule has 0 aliphatic carbocycles. The molecule has 1 saturated heterocycles. The number of thiophene rings is 1. The van der Waals surface area contributed by atoms with Gasteiger partial charge in [0.1, 0.15) is 11.4 Å². The Labute approximate surface area is 170 Å². The van der Waals surface area contributed by atoms with Gasteiger partial charge < -0.3 is 4.90 Å². The molecule has 3 heterocycles. The molecule has 0 N–H and O–H groups in total. The standard InChI is InChI=1S/C20H20ClN3O3S/c1-12-13(2)28-19-17(12)18(26)24(15-7-5-6-14(21)10-15)20(27)23(19)11-16(25)22-8-3-4-9-22/h5-7,10H,3-4,8-9,11H2,1-2H3. The third-order valence-corrected chi connectivity index (χ3v) is 6.73. The summed E-state index contributed by atoms with van der Waals surface area (Å²) >= 11 is 7.46. The summed E-state index contributed by atoms with van der Waals surface area (Å²) in [5.74, 6) is -0.0964. The summed E-state index contributed by atoms with van der Waals surface area (Å²) < 4.78 is 2.55. The summed E-state index contributed by atoms with van der Waals surface area (Å²) in [5, 5.41) is 0.915. The van der Waals surface area contributed by atoms with Crippen molar-refractivity contribution in [3.05, 3.63) is 60.6 Å². The summed E-state index contributed by atoms with van der Waals surface area (Å²) in [6.07, 6.45) is 1.96. The Hall–Kier alpha value is -2.38. The van der Waals surface area contributed by atoms with E-state index >= 15 is 0 Å². The Kier molecular flexibility index (Phi) is 4.89. The van der Waals surface area contributed by atoms with E-state index in [1.165, 1.54) is 15.9 Å². The van der Waals surface area contributed by atoms with E-state index in [-0.39, 0.29) is 18.0 Å². The summed E-state index contributed by atoms with van der Waals surface area (Å²) in [5.41, 5.74) is 0.334. The van der Waals surface area contributed by atoms with Crippen molar-refractivity contribution in [1.82, 2.24) is 14.0 Å². The first-order valence-electron chi connectivity index (χ1n) is 9.17. The lowest BCUT2D eigenvalue weighted by molar-refractivity contribution is -0.130. The number of carbonyl (C=O) groups excluding carboxylic acids is 1. The second kappa shape index (κ2) is 7.22. The Morgan fingerprint density at radius 3 is 2.57 bits per heavy atom. The number of amides is 1. The maximum atomic E-state index is 13.3. The van der Waals surface area contributed by atoms with Crippen LogP contribution in [0.1, 0.15) is 23.3 Å². The van der Waals surface area contributed by atoms with Gasteiger partial charge in [-0.25, -0.2) is 9.36 Å². The van der Waals surface area contributed by atoms with Gasteiger partial charge in [-0.15, -0.1) is 11.3 Å². The average Bonchev–Trinajstić information content (AvgIpc) is 3.28. The van der Waals surface area contributed by atoms with Crippen molar-refractivity contribution in [3.8, 4) is 5.69 Å². The second-order valence-corrected chi connectivity index (χ2v) is 8.68. The van der Waals surface area contributed by atoms with E-state index in [9.17, 15) is 14.4 Å². The molecular formula is C20H20ClN3O3S. The highest BCUT2D eigenvalue weighted by molar-refractivity contribution is 7.18. The summed E-state index contributed by atoms with van der Waals surface area (Å²) in [4.78, 5) is 42.6. The lowest BCUT2D eigenvalue weighted by Gasteiger charge is -2.17. The molecule has 1 amide bonds. The van der Waals surface area contributed by atoms with E-state index in [1.807, 2.05) is 13.8 Å². The molecule has 8 heteroatoms. The Balaban J connectivity index is 1.98. The molecular weight excluding hydrogens is 398 g/mol. The Morgan fingerprint density at radius 2 is 1.89 bits per heavy atom. The fourth-order valence-corrected chi connectivity index (χ4v) is 4.97. The average molecular weight is 418 g/mol. The number of halogens is 1. The topological polar surface area (TPSA) is 64.3 Å². The Morgan fingerprint density at radius 1 is 1.18 bits per heavy atom. The third kappa shape index (κ3) is 3.08. The Bertz CT molecular complexity index is 1200. The van der Waals surface area contributed by atoms with E-state index in [0.29, 0.717) is 34.0 Å². The molecule has 1 aromatic carbocycles. The summed E-state index contributed by atoms with van der Waals surface area (Å²) in [7, 11) is 0. The van der Waals surface area contributed by atoms with E-state index in [0.717, 1.165) is 27.8 Å². The number of rotatable bonds is 3. The maximum absolute atomic E-state index is 13.3. The first-order chi connectivity index (χ1) is 13.4. The minimum absolute atomic E-state index is 0.0738. The van der Waals surface area contributed by atoms with Crippen LogP contribution in [0, 0.1) is 13.8 Å². The first kappa shape index (κ1) is 19.0. The van der Waals surface area contributed by atoms with Crippen LogP contribution in [0.3, 0.4) is 0 Å². The molecule has 1 aliphatic heterocycles. The molecule has 2 aromatic heterocycles. The molecule has 6 nitrogen and oxygen atoms in total. The molecule has 1 fully saturated rings. The molecule has 1 aliphatic rings. The predicted octanol–water partition coefficient (Wildman–Crippen LogP) is 3.11. The van der Waals surface area contributed by atoms with E-state index in [1.54, 1.807) is 29.2 Å². The lowest BCUT2D eigenvalue weighted by atomic mass is 10.2. The molecule has 0 unspecified atom stereocenters. The van der Waals surface area contributed by atoms with Gasteiger partial charge in [-0.05, 0) is 50.5 Å². The number of nitrogens with zero attached hydrogens (tertiary/aromatic N) is 3. The fourth-order valence-electron chi connectivity index (χ4n) is 3.64. The molecule has 146 valence electrons. The molecule has 0 saturated carbocycles. The van der Waals surface area contributed by atoms with Crippen LogP contribution in [-0.4, -0.2) is 33.0 Å². The molecule has 0 bridgehead atoms. The molecule has 3 aromatic rings. The normalized spacial score (nSPS) is 14.2. The molecule has 0 radical (unpaired) electrons. The number of hydrogen-bond acceptors (Lipinski definition) is 4. The quantitative estimate of drug-likeness (QED) is 0.657. The van der Waals surface area contributed by atoms with Crippen molar-refractivity contribution in [3.63, 3.8) is 0 Å². The van der Waals surface area contributed by atoms with E-state index in [2.05, 4.69) is 0 Å². The second-order valence-electron chi connectivity index (χ2n) is 7.04. The predicted molar refractivity (Wildman–Crippen MR) is 112 cm³/mol. The zero-order valence-electron chi connectivity index (χ0n) is 15.7. The van der Waals surface area contributed by atoms with Crippen LogP contribution in [0.5, 0.6) is 0 Å². The largest absolute Gasteiger partial charge is 0.341 e. The van der Waals surface area contributed by atoms with E-state index < -0.39 is 5.69 Å². The van der Waals surface area contributed by atoms with Crippen molar-refractivity contribution in [2.75, 3.05) is 13.1 Å². The molecule has 0 atom stereocenters. The monoisotopic (exact) mass is 417 g/mol. The van der Waals surface area contributed by atoms with Crippen LogP contribution >= 0.6 is 22.9 Å². The van der Waals surface area contributed by atoms with Gasteiger partial charge in [0, 0.05) is 23.0 Å². The molecule has 0 spiro atoms. The van der Waals surface area contributed by atoms with Crippen LogP contribution in [-0.2, 0) is 11.3 Å². The van der Waals surface area contributed by atoms with E-state index in [4.69, 9.17) is 11.6 Å². The lowest BCUT2D eigenvalue weighted by Crippen LogP contribution is -2.42. The van der Waals surface area contributed by atoms with Crippen molar-refractivity contribution in [1.29, 1.82) is 0 Å². The molecule has 4 rings (SSSR count). The summed E-state index contributed by atoms with van der Waals surface area (Å²) in [6, 6.07) is 6.63. The zero-order chi connectivity index (χ0) is 20.0. The molecule has 28 heavy (non-hydrogen) atoms. The van der Waals surface area contributed by atoms with Crippen molar-refractivity contribution >= 4 is 39.1 Å². The van der Waals surface area contributed by atoms with Gasteiger partial charge in [0.15, 0.2) is 0 Å². The highest BCUT2D eigenvalue weighted by atomic mass is 35.5. The number of benzene rings is 1. The van der Waals surface area contributed by atoms with Gasteiger partial charge in [0.25, 0.3) is 5.56 Å². The van der Waals surface area contributed by atoms with Gasteiger partial charge in [-0.2, -0.15) is 0 Å². The number of carbonyl (C=O) groups is 1. The maximum Gasteiger partial charge on any atom is 0.337 e. The SMILES string of the molecule is Cc1sc2c(c1C)c(=O)n(-c1cccc(Cl)c1)c(=O)n2CC(=O)N1CCCC1. The highest BCUT2D eigenvalue weighted by Crippen LogP contribution is 2.27. The van der Waals surface area contributed by atoms with Gasteiger partial charge in [0.05, 0.1) is 11.1 Å². The van der Waals surface area contributed by atoms with Gasteiger partial charge in [-0.3, -0.25) is 14.2 Å². The highest BCUT2D eigenvalue weighted by Gasteiger charge is 2.24. The fraction of sp³-hybridized carbons (Fsp3) is 0.350. The number of hydrogen-bond donors (Lipinski definition) is 0. The van der Waals surface area contributed by atoms with Crippen LogP contribution < -0.4 is 11.2 Å². The van der Waals surface area contributed by atoms with Crippen molar-refractivity contribution in [2.45, 2.75) is 33.2 Å². The van der Waals surface area contributed by atoms with Gasteiger partial charge in [0.2, 0.25) is 5.91 Å². The number of likely N-dealkylation sites (tertiary alicyclic amines) is 1.